The summed E-state index contributed by atoms with van der Waals surface area (Å²) < 4.78 is 7.51. The average Bonchev–Trinajstić information content (AvgIpc) is 3.22. The summed E-state index contributed by atoms with van der Waals surface area (Å²) in [7, 11) is 4.23. The predicted molar refractivity (Wildman–Crippen MR) is 150 cm³/mol. The Bertz CT molecular complexity index is 1420. The SMILES string of the molecule is CN(C)CCCN1c2ccccc2Sc2cc(-c3cc4ccccc4n3C(=O)OC(C)(C)C)ccc21. The lowest BCUT2D eigenvalue weighted by molar-refractivity contribution is 0.0547. The zero-order valence-electron chi connectivity index (χ0n) is 21.6. The molecule has 0 unspecified atom stereocenters. The summed E-state index contributed by atoms with van der Waals surface area (Å²) in [6.07, 6.45) is 0.708. The molecular formula is C30H33N3O2S. The molecule has 5 rings (SSSR count). The highest BCUT2D eigenvalue weighted by atomic mass is 32.2. The highest BCUT2D eigenvalue weighted by Gasteiger charge is 2.26. The maximum absolute atomic E-state index is 13.3. The minimum absolute atomic E-state index is 0.361. The van der Waals surface area contributed by atoms with E-state index in [1.54, 1.807) is 16.3 Å². The van der Waals surface area contributed by atoms with Crippen molar-refractivity contribution in [2.24, 2.45) is 0 Å². The number of rotatable bonds is 5. The number of ether oxygens (including phenoxy) is 1. The molecule has 1 aliphatic rings. The van der Waals surface area contributed by atoms with E-state index >= 15 is 0 Å². The summed E-state index contributed by atoms with van der Waals surface area (Å²) in [6, 6.07) is 25.2. The summed E-state index contributed by atoms with van der Waals surface area (Å²) in [5, 5.41) is 1.01. The highest BCUT2D eigenvalue weighted by Crippen LogP contribution is 2.49. The largest absolute Gasteiger partial charge is 0.443 e. The fourth-order valence-corrected chi connectivity index (χ4v) is 5.79. The number of hydrogen-bond acceptors (Lipinski definition) is 5. The third-order valence-corrected chi connectivity index (χ3v) is 7.31. The first-order chi connectivity index (χ1) is 17.2. The van der Waals surface area contributed by atoms with Gasteiger partial charge in [0, 0.05) is 27.3 Å². The highest BCUT2D eigenvalue weighted by molar-refractivity contribution is 7.99. The van der Waals surface area contributed by atoms with Gasteiger partial charge in [-0.15, -0.1) is 0 Å². The van der Waals surface area contributed by atoms with Crippen LogP contribution in [0.5, 0.6) is 0 Å². The molecule has 0 N–H and O–H groups in total. The summed E-state index contributed by atoms with van der Waals surface area (Å²) >= 11 is 1.79. The van der Waals surface area contributed by atoms with Crippen LogP contribution in [0.2, 0.25) is 0 Å². The van der Waals surface area contributed by atoms with Gasteiger partial charge < -0.3 is 14.5 Å². The number of nitrogens with zero attached hydrogens (tertiary/aromatic N) is 3. The number of carbonyl (C=O) groups is 1. The lowest BCUT2D eigenvalue weighted by atomic mass is 10.1. The Morgan fingerprint density at radius 1 is 0.917 bits per heavy atom. The van der Waals surface area contributed by atoms with E-state index in [2.05, 4.69) is 72.4 Å². The molecule has 1 aromatic heterocycles. The van der Waals surface area contributed by atoms with Crippen molar-refractivity contribution in [1.82, 2.24) is 9.47 Å². The first-order valence-electron chi connectivity index (χ1n) is 12.4. The molecule has 0 saturated heterocycles. The molecule has 186 valence electrons. The fraction of sp³-hybridized carbons (Fsp3) is 0.300. The van der Waals surface area contributed by atoms with Crippen LogP contribution in [0, 0.1) is 0 Å². The van der Waals surface area contributed by atoms with Gasteiger partial charge in [-0.1, -0.05) is 48.2 Å². The topological polar surface area (TPSA) is 37.7 Å². The molecule has 36 heavy (non-hydrogen) atoms. The van der Waals surface area contributed by atoms with Gasteiger partial charge in [0.1, 0.15) is 5.60 Å². The van der Waals surface area contributed by atoms with Crippen molar-refractivity contribution in [3.63, 3.8) is 0 Å². The summed E-state index contributed by atoms with van der Waals surface area (Å²) in [4.78, 5) is 20.4. The van der Waals surface area contributed by atoms with Crippen LogP contribution < -0.4 is 4.90 Å². The minimum Gasteiger partial charge on any atom is -0.443 e. The molecule has 5 nitrogen and oxygen atoms in total. The van der Waals surface area contributed by atoms with E-state index in [9.17, 15) is 4.79 Å². The number of fused-ring (bicyclic) bond motifs is 3. The number of aromatic nitrogens is 1. The summed E-state index contributed by atoms with van der Waals surface area (Å²) in [6.45, 7) is 7.67. The van der Waals surface area contributed by atoms with Gasteiger partial charge in [-0.3, -0.25) is 0 Å². The fourth-order valence-electron chi connectivity index (χ4n) is 4.65. The van der Waals surface area contributed by atoms with Gasteiger partial charge in [0.05, 0.1) is 22.6 Å². The Morgan fingerprint density at radius 3 is 2.42 bits per heavy atom. The zero-order chi connectivity index (χ0) is 25.4. The molecule has 0 spiro atoms. The average molecular weight is 500 g/mol. The second-order valence-electron chi connectivity index (χ2n) is 10.5. The van der Waals surface area contributed by atoms with Crippen molar-refractivity contribution in [2.45, 2.75) is 42.6 Å². The molecule has 0 atom stereocenters. The van der Waals surface area contributed by atoms with Gasteiger partial charge >= 0.3 is 6.09 Å². The van der Waals surface area contributed by atoms with E-state index in [1.807, 2.05) is 45.0 Å². The predicted octanol–water partition coefficient (Wildman–Crippen LogP) is 7.65. The van der Waals surface area contributed by atoms with Crippen LogP contribution in [0.1, 0.15) is 27.2 Å². The second-order valence-corrected chi connectivity index (χ2v) is 11.5. The van der Waals surface area contributed by atoms with Crippen LogP contribution in [0.4, 0.5) is 16.2 Å². The molecule has 1 aliphatic heterocycles. The molecule has 0 amide bonds. The van der Waals surface area contributed by atoms with E-state index in [4.69, 9.17) is 4.74 Å². The molecule has 6 heteroatoms. The maximum atomic E-state index is 13.3. The van der Waals surface area contributed by atoms with Crippen molar-refractivity contribution < 1.29 is 9.53 Å². The van der Waals surface area contributed by atoms with Crippen molar-refractivity contribution in [1.29, 1.82) is 0 Å². The molecule has 0 saturated carbocycles. The van der Waals surface area contributed by atoms with Gasteiger partial charge in [0.15, 0.2) is 0 Å². The quantitative estimate of drug-likeness (QED) is 0.282. The molecule has 0 fully saturated rings. The van der Waals surface area contributed by atoms with Gasteiger partial charge in [-0.05, 0) is 84.2 Å². The number of para-hydroxylation sites is 2. The van der Waals surface area contributed by atoms with Crippen LogP contribution >= 0.6 is 11.8 Å². The Hall–Kier alpha value is -3.22. The lowest BCUT2D eigenvalue weighted by Gasteiger charge is -2.33. The summed E-state index contributed by atoms with van der Waals surface area (Å²) in [5.41, 5.74) is 4.57. The summed E-state index contributed by atoms with van der Waals surface area (Å²) in [5.74, 6) is 0. The smallest absolute Gasteiger partial charge is 0.419 e. The van der Waals surface area contributed by atoms with E-state index in [0.29, 0.717) is 0 Å². The number of carbonyl (C=O) groups excluding carboxylic acids is 1. The molecule has 4 aromatic rings. The zero-order valence-corrected chi connectivity index (χ0v) is 22.4. The van der Waals surface area contributed by atoms with Crippen LogP contribution in [-0.4, -0.2) is 48.3 Å². The van der Waals surface area contributed by atoms with Gasteiger partial charge in [0.25, 0.3) is 0 Å². The van der Waals surface area contributed by atoms with Crippen molar-refractivity contribution in [2.75, 3.05) is 32.1 Å². The van der Waals surface area contributed by atoms with Crippen LogP contribution in [-0.2, 0) is 4.74 Å². The van der Waals surface area contributed by atoms with Gasteiger partial charge in [-0.2, -0.15) is 0 Å². The minimum atomic E-state index is -0.581. The Labute approximate surface area is 217 Å². The number of benzene rings is 3. The molecular weight excluding hydrogens is 466 g/mol. The van der Waals surface area contributed by atoms with Gasteiger partial charge in [0.2, 0.25) is 0 Å². The molecule has 0 bridgehead atoms. The van der Waals surface area contributed by atoms with Crippen LogP contribution in [0.3, 0.4) is 0 Å². The van der Waals surface area contributed by atoms with Crippen molar-refractivity contribution >= 4 is 40.1 Å². The van der Waals surface area contributed by atoms with E-state index in [-0.39, 0.29) is 6.09 Å². The van der Waals surface area contributed by atoms with Crippen LogP contribution in [0.15, 0.2) is 82.6 Å². The Kier molecular flexibility index (Phi) is 6.58. The number of hydrogen-bond donors (Lipinski definition) is 0. The normalized spacial score (nSPS) is 13.1. The standard InChI is InChI=1S/C30H33N3O2S/c1-30(2,3)35-29(34)33-23-12-7-6-11-21(23)19-26(33)22-15-16-25-28(20-22)36-27-14-9-8-13-24(27)32(25)18-10-17-31(4)5/h6-9,11-16,19-20H,10,17-18H2,1-5H3. The number of anilines is 2. The third-order valence-electron chi connectivity index (χ3n) is 6.20. The first-order valence-corrected chi connectivity index (χ1v) is 13.2. The Balaban J connectivity index is 1.58. The van der Waals surface area contributed by atoms with E-state index in [1.165, 1.54) is 21.2 Å². The molecule has 0 radical (unpaired) electrons. The van der Waals surface area contributed by atoms with E-state index in [0.717, 1.165) is 41.7 Å². The molecule has 3 aromatic carbocycles. The van der Waals surface area contributed by atoms with Crippen molar-refractivity contribution in [3.8, 4) is 11.3 Å². The second kappa shape index (κ2) is 9.68. The monoisotopic (exact) mass is 499 g/mol. The maximum Gasteiger partial charge on any atom is 0.419 e. The first kappa shape index (κ1) is 24.5. The third kappa shape index (κ3) is 4.88. The lowest BCUT2D eigenvalue weighted by Crippen LogP contribution is -2.27. The van der Waals surface area contributed by atoms with Crippen molar-refractivity contribution in [3.05, 3.63) is 72.8 Å². The Morgan fingerprint density at radius 2 is 1.64 bits per heavy atom. The molecule has 2 heterocycles. The van der Waals surface area contributed by atoms with E-state index < -0.39 is 5.60 Å². The van der Waals surface area contributed by atoms with Gasteiger partial charge in [-0.25, -0.2) is 9.36 Å². The molecule has 0 aliphatic carbocycles. The van der Waals surface area contributed by atoms with Crippen LogP contribution in [0.25, 0.3) is 22.2 Å².